The molecule has 0 atom stereocenters. The zero-order valence-electron chi connectivity index (χ0n) is 11.6. The number of nitrogens with zero attached hydrogens (tertiary/aromatic N) is 3. The molecule has 0 amide bonds. The van der Waals surface area contributed by atoms with Crippen molar-refractivity contribution >= 4 is 17.4 Å². The average Bonchev–Trinajstić information content (AvgIpc) is 2.99. The number of aromatic nitrogens is 2. The highest BCUT2D eigenvalue weighted by molar-refractivity contribution is 7.07. The second-order valence-corrected chi connectivity index (χ2v) is 5.70. The molecule has 2 aromatic heterocycles. The molecule has 19 heavy (non-hydrogen) atoms. The predicted octanol–water partition coefficient (Wildman–Crippen LogP) is 2.51. The van der Waals surface area contributed by atoms with E-state index in [1.807, 2.05) is 22.8 Å². The summed E-state index contributed by atoms with van der Waals surface area (Å²) in [5.74, 6) is 0.638. The van der Waals surface area contributed by atoms with E-state index in [0.29, 0.717) is 18.5 Å². The van der Waals surface area contributed by atoms with Crippen molar-refractivity contribution in [2.24, 2.45) is 5.92 Å². The maximum absolute atomic E-state index is 5.48. The fraction of sp³-hybridized carbons (Fsp3) is 0.538. The monoisotopic (exact) mass is 280 g/mol. The maximum Gasteiger partial charge on any atom is 0.297 e. The zero-order chi connectivity index (χ0) is 13.7. The van der Waals surface area contributed by atoms with Crippen molar-refractivity contribution in [3.63, 3.8) is 0 Å². The van der Waals surface area contributed by atoms with E-state index in [2.05, 4.69) is 29.1 Å². The van der Waals surface area contributed by atoms with E-state index in [9.17, 15) is 0 Å². The van der Waals surface area contributed by atoms with Crippen LogP contribution in [0.5, 0.6) is 0 Å². The molecule has 0 aliphatic rings. The molecule has 0 aromatic carbocycles. The Kier molecular flexibility index (Phi) is 4.93. The molecule has 0 aliphatic carbocycles. The summed E-state index contributed by atoms with van der Waals surface area (Å²) >= 11 is 1.60. The summed E-state index contributed by atoms with van der Waals surface area (Å²) in [4.78, 5) is 10.7. The third-order valence-electron chi connectivity index (χ3n) is 2.61. The van der Waals surface area contributed by atoms with Crippen LogP contribution in [0.1, 0.15) is 25.2 Å². The summed E-state index contributed by atoms with van der Waals surface area (Å²) in [5.41, 5.74) is 3.80. The molecule has 0 aliphatic heterocycles. The van der Waals surface area contributed by atoms with Gasteiger partial charge < -0.3 is 14.6 Å². The average molecular weight is 280 g/mol. The SMILES string of the molecule is CC(C)CNCc1coc(N(C)Cc2cscn2)n1. The topological polar surface area (TPSA) is 54.2 Å². The number of anilines is 1. The third-order valence-corrected chi connectivity index (χ3v) is 3.24. The van der Waals surface area contributed by atoms with Gasteiger partial charge in [-0.2, -0.15) is 4.98 Å². The summed E-state index contributed by atoms with van der Waals surface area (Å²) < 4.78 is 5.48. The molecule has 2 rings (SSSR count). The zero-order valence-corrected chi connectivity index (χ0v) is 12.4. The van der Waals surface area contributed by atoms with Crippen molar-refractivity contribution in [2.45, 2.75) is 26.9 Å². The first-order chi connectivity index (χ1) is 9.15. The van der Waals surface area contributed by atoms with Gasteiger partial charge in [0.25, 0.3) is 6.01 Å². The van der Waals surface area contributed by atoms with E-state index in [1.54, 1.807) is 17.6 Å². The molecule has 2 heterocycles. The lowest BCUT2D eigenvalue weighted by Crippen LogP contribution is -2.20. The summed E-state index contributed by atoms with van der Waals surface area (Å²) in [6, 6.07) is 0.634. The number of oxazole rings is 1. The van der Waals surface area contributed by atoms with Crippen molar-refractivity contribution in [2.75, 3.05) is 18.5 Å². The summed E-state index contributed by atoms with van der Waals surface area (Å²) in [7, 11) is 1.95. The number of hydrogen-bond donors (Lipinski definition) is 1. The van der Waals surface area contributed by atoms with Gasteiger partial charge in [-0.1, -0.05) is 13.8 Å². The molecular formula is C13H20N4OS. The van der Waals surface area contributed by atoms with E-state index < -0.39 is 0 Å². The molecule has 1 N–H and O–H groups in total. The van der Waals surface area contributed by atoms with Crippen molar-refractivity contribution in [1.29, 1.82) is 0 Å². The Morgan fingerprint density at radius 2 is 2.26 bits per heavy atom. The lowest BCUT2D eigenvalue weighted by Gasteiger charge is -2.12. The minimum atomic E-state index is 0.634. The van der Waals surface area contributed by atoms with Crippen LogP contribution in [0.15, 0.2) is 21.6 Å². The van der Waals surface area contributed by atoms with E-state index in [0.717, 1.165) is 24.5 Å². The van der Waals surface area contributed by atoms with Crippen LogP contribution >= 0.6 is 11.3 Å². The molecular weight excluding hydrogens is 260 g/mol. The van der Waals surface area contributed by atoms with Gasteiger partial charge in [0.15, 0.2) is 0 Å². The van der Waals surface area contributed by atoms with Gasteiger partial charge in [-0.3, -0.25) is 0 Å². The first kappa shape index (κ1) is 14.0. The molecule has 0 radical (unpaired) electrons. The van der Waals surface area contributed by atoms with Crippen molar-refractivity contribution < 1.29 is 4.42 Å². The minimum absolute atomic E-state index is 0.634. The Hall–Kier alpha value is -1.40. The van der Waals surface area contributed by atoms with Gasteiger partial charge in [-0.15, -0.1) is 11.3 Å². The van der Waals surface area contributed by atoms with Crippen molar-refractivity contribution in [3.05, 3.63) is 28.5 Å². The number of hydrogen-bond acceptors (Lipinski definition) is 6. The van der Waals surface area contributed by atoms with Crippen LogP contribution in [0, 0.1) is 5.92 Å². The van der Waals surface area contributed by atoms with Crippen LogP contribution in [-0.4, -0.2) is 23.6 Å². The minimum Gasteiger partial charge on any atom is -0.432 e. The maximum atomic E-state index is 5.48. The summed E-state index contributed by atoms with van der Waals surface area (Å²) in [6.07, 6.45) is 1.71. The van der Waals surface area contributed by atoms with E-state index in [1.165, 1.54) is 0 Å². The predicted molar refractivity (Wildman–Crippen MR) is 77.3 cm³/mol. The van der Waals surface area contributed by atoms with Crippen LogP contribution in [0.2, 0.25) is 0 Å². The Labute approximate surface area is 117 Å². The Morgan fingerprint density at radius 1 is 1.42 bits per heavy atom. The Balaban J connectivity index is 1.85. The fourth-order valence-electron chi connectivity index (χ4n) is 1.67. The van der Waals surface area contributed by atoms with Crippen LogP contribution in [0.25, 0.3) is 0 Å². The Morgan fingerprint density at radius 3 is 2.95 bits per heavy atom. The van der Waals surface area contributed by atoms with E-state index in [-0.39, 0.29) is 0 Å². The number of nitrogens with one attached hydrogen (secondary N) is 1. The third kappa shape index (κ3) is 4.33. The van der Waals surface area contributed by atoms with Crippen LogP contribution in [0.3, 0.4) is 0 Å². The fourth-order valence-corrected chi connectivity index (χ4v) is 2.22. The van der Waals surface area contributed by atoms with Crippen LogP contribution < -0.4 is 10.2 Å². The lowest BCUT2D eigenvalue weighted by molar-refractivity contribution is 0.534. The first-order valence-electron chi connectivity index (χ1n) is 6.38. The Bertz CT molecular complexity index is 481. The molecule has 2 aromatic rings. The largest absolute Gasteiger partial charge is 0.432 e. The van der Waals surface area contributed by atoms with Gasteiger partial charge in [-0.25, -0.2) is 4.98 Å². The number of rotatable bonds is 7. The smallest absolute Gasteiger partial charge is 0.297 e. The highest BCUT2D eigenvalue weighted by atomic mass is 32.1. The van der Waals surface area contributed by atoms with Gasteiger partial charge in [-0.05, 0) is 12.5 Å². The van der Waals surface area contributed by atoms with E-state index >= 15 is 0 Å². The normalized spacial score (nSPS) is 11.2. The quantitative estimate of drug-likeness (QED) is 0.844. The molecule has 0 unspecified atom stereocenters. The van der Waals surface area contributed by atoms with Gasteiger partial charge in [0.05, 0.1) is 23.4 Å². The summed E-state index contributed by atoms with van der Waals surface area (Å²) in [6.45, 7) is 6.80. The van der Waals surface area contributed by atoms with Gasteiger partial charge in [0.2, 0.25) is 0 Å². The molecule has 0 bridgehead atoms. The lowest BCUT2D eigenvalue weighted by atomic mass is 10.2. The van der Waals surface area contributed by atoms with Crippen molar-refractivity contribution in [3.8, 4) is 0 Å². The number of thiazole rings is 1. The molecule has 6 heteroatoms. The molecule has 0 saturated heterocycles. The molecule has 0 saturated carbocycles. The second-order valence-electron chi connectivity index (χ2n) is 4.98. The summed E-state index contributed by atoms with van der Waals surface area (Å²) in [5, 5.41) is 5.38. The van der Waals surface area contributed by atoms with Gasteiger partial charge >= 0.3 is 0 Å². The van der Waals surface area contributed by atoms with Crippen LogP contribution in [-0.2, 0) is 13.1 Å². The molecule has 104 valence electrons. The highest BCUT2D eigenvalue weighted by Gasteiger charge is 2.10. The molecule has 0 fully saturated rings. The molecule has 0 spiro atoms. The van der Waals surface area contributed by atoms with Crippen LogP contribution in [0.4, 0.5) is 6.01 Å². The van der Waals surface area contributed by atoms with E-state index in [4.69, 9.17) is 4.42 Å². The van der Waals surface area contributed by atoms with Gasteiger partial charge in [0, 0.05) is 19.0 Å². The second kappa shape index (κ2) is 6.68. The first-order valence-corrected chi connectivity index (χ1v) is 7.32. The standard InChI is InChI=1S/C13H20N4OS/c1-10(2)4-14-5-11-7-18-13(16-11)17(3)6-12-8-19-9-15-12/h7-10,14H,4-6H2,1-3H3. The highest BCUT2D eigenvalue weighted by Crippen LogP contribution is 2.15. The molecule has 5 nitrogen and oxygen atoms in total. The van der Waals surface area contributed by atoms with Crippen molar-refractivity contribution in [1.82, 2.24) is 15.3 Å². The van der Waals surface area contributed by atoms with Gasteiger partial charge in [0.1, 0.15) is 6.26 Å².